The van der Waals surface area contributed by atoms with E-state index in [2.05, 4.69) is 0 Å². The molecule has 2 aliphatic rings. The molecular weight excluding hydrogens is 366 g/mol. The summed E-state index contributed by atoms with van der Waals surface area (Å²) in [5.41, 5.74) is 2.97. The molecule has 2 aromatic rings. The minimum Gasteiger partial charge on any atom is -0.363 e. The number of para-hydroxylation sites is 2. The van der Waals surface area contributed by atoms with Crippen molar-refractivity contribution in [3.63, 3.8) is 0 Å². The molecule has 7 nitrogen and oxygen atoms in total. The van der Waals surface area contributed by atoms with Gasteiger partial charge >= 0.3 is 0 Å². The van der Waals surface area contributed by atoms with Crippen molar-refractivity contribution in [2.75, 3.05) is 31.1 Å². The molecule has 0 radical (unpaired) electrons. The molecule has 1 fully saturated rings. The van der Waals surface area contributed by atoms with Gasteiger partial charge in [0.05, 0.1) is 9.82 Å². The molecule has 0 bridgehead atoms. The Morgan fingerprint density at radius 3 is 2.37 bits per heavy atom. The van der Waals surface area contributed by atoms with Crippen LogP contribution in [-0.4, -0.2) is 43.8 Å². The summed E-state index contributed by atoms with van der Waals surface area (Å²) < 4.78 is 27.5. The average molecular weight is 387 g/mol. The molecule has 1 heterocycles. The fourth-order valence-electron chi connectivity index (χ4n) is 3.91. The Morgan fingerprint density at radius 1 is 0.926 bits per heavy atom. The Kier molecular flexibility index (Phi) is 4.61. The Labute approximate surface area is 158 Å². The highest BCUT2D eigenvalue weighted by Gasteiger charge is 2.31. The highest BCUT2D eigenvalue weighted by atomic mass is 32.2. The Bertz CT molecular complexity index is 982. The maximum atomic E-state index is 13.0. The van der Waals surface area contributed by atoms with E-state index in [1.807, 2.05) is 17.0 Å². The van der Waals surface area contributed by atoms with E-state index in [0.29, 0.717) is 36.8 Å². The number of nitrogens with zero attached hydrogens (tertiary/aromatic N) is 3. The Hall–Kier alpha value is -2.45. The van der Waals surface area contributed by atoms with Crippen LogP contribution in [0.5, 0.6) is 0 Å². The first-order chi connectivity index (χ1) is 13.0. The smallest absolute Gasteiger partial charge is 0.292 e. The molecule has 0 spiro atoms. The first-order valence-corrected chi connectivity index (χ1v) is 10.5. The van der Waals surface area contributed by atoms with Crippen molar-refractivity contribution in [3.8, 4) is 0 Å². The molecule has 1 aliphatic heterocycles. The molecule has 1 aliphatic carbocycles. The number of aryl methyl sites for hydroxylation is 2. The largest absolute Gasteiger partial charge is 0.363 e. The van der Waals surface area contributed by atoms with Gasteiger partial charge in [-0.1, -0.05) is 18.2 Å². The lowest BCUT2D eigenvalue weighted by Gasteiger charge is -2.35. The summed E-state index contributed by atoms with van der Waals surface area (Å²) in [5.74, 6) is 0. The highest BCUT2D eigenvalue weighted by Crippen LogP contribution is 2.30. The van der Waals surface area contributed by atoms with Crippen molar-refractivity contribution in [1.29, 1.82) is 0 Å². The van der Waals surface area contributed by atoms with Crippen molar-refractivity contribution >= 4 is 21.4 Å². The number of benzene rings is 2. The topological polar surface area (TPSA) is 83.8 Å². The number of sulfonamides is 1. The van der Waals surface area contributed by atoms with Crippen LogP contribution in [0.2, 0.25) is 0 Å². The fourth-order valence-corrected chi connectivity index (χ4v) is 5.39. The maximum absolute atomic E-state index is 13.0. The second kappa shape index (κ2) is 6.94. The molecule has 4 rings (SSSR count). The van der Waals surface area contributed by atoms with Crippen molar-refractivity contribution < 1.29 is 13.3 Å². The molecule has 0 aromatic heterocycles. The monoisotopic (exact) mass is 387 g/mol. The van der Waals surface area contributed by atoms with Gasteiger partial charge in [-0.2, -0.15) is 4.31 Å². The molecule has 0 N–H and O–H groups in total. The van der Waals surface area contributed by atoms with E-state index >= 15 is 0 Å². The highest BCUT2D eigenvalue weighted by molar-refractivity contribution is 7.89. The summed E-state index contributed by atoms with van der Waals surface area (Å²) >= 11 is 0. The summed E-state index contributed by atoms with van der Waals surface area (Å²) in [5, 5.41) is 11.2. The van der Waals surface area contributed by atoms with E-state index in [9.17, 15) is 18.5 Å². The van der Waals surface area contributed by atoms with E-state index in [0.717, 1.165) is 24.8 Å². The number of piperazine rings is 1. The van der Waals surface area contributed by atoms with E-state index in [4.69, 9.17) is 0 Å². The zero-order valence-corrected chi connectivity index (χ0v) is 15.7. The number of hydrogen-bond donors (Lipinski definition) is 0. The summed E-state index contributed by atoms with van der Waals surface area (Å²) in [6, 6.07) is 12.0. The average Bonchev–Trinajstić information content (AvgIpc) is 3.16. The molecule has 142 valence electrons. The Balaban J connectivity index is 1.51. The lowest BCUT2D eigenvalue weighted by molar-refractivity contribution is -0.384. The Morgan fingerprint density at radius 2 is 1.63 bits per heavy atom. The normalized spacial score (nSPS) is 17.7. The summed E-state index contributed by atoms with van der Waals surface area (Å²) in [7, 11) is -3.54. The van der Waals surface area contributed by atoms with Crippen molar-refractivity contribution in [1.82, 2.24) is 4.31 Å². The molecular formula is C19H21N3O4S. The number of nitro groups is 1. The minimum atomic E-state index is -3.54. The van der Waals surface area contributed by atoms with Gasteiger partial charge in [0.25, 0.3) is 5.69 Å². The van der Waals surface area contributed by atoms with E-state index in [-0.39, 0.29) is 5.69 Å². The summed E-state index contributed by atoms with van der Waals surface area (Å²) in [6.07, 6.45) is 3.03. The maximum Gasteiger partial charge on any atom is 0.292 e. The molecule has 2 aromatic carbocycles. The van der Waals surface area contributed by atoms with Crippen LogP contribution in [0, 0.1) is 10.1 Å². The lowest BCUT2D eigenvalue weighted by Crippen LogP contribution is -2.48. The predicted octanol–water partition coefficient (Wildman–Crippen LogP) is 2.59. The molecule has 8 heteroatoms. The second-order valence-electron chi connectivity index (χ2n) is 6.92. The van der Waals surface area contributed by atoms with Crippen LogP contribution in [0.4, 0.5) is 11.4 Å². The summed E-state index contributed by atoms with van der Waals surface area (Å²) in [4.78, 5) is 13.1. The first-order valence-electron chi connectivity index (χ1n) is 9.07. The zero-order valence-electron chi connectivity index (χ0n) is 14.9. The van der Waals surface area contributed by atoms with Gasteiger partial charge in [-0.15, -0.1) is 0 Å². The third-order valence-corrected chi connectivity index (χ3v) is 7.26. The number of rotatable bonds is 4. The van der Waals surface area contributed by atoms with Gasteiger partial charge in [0, 0.05) is 32.2 Å². The minimum absolute atomic E-state index is 0.0485. The molecule has 1 saturated heterocycles. The van der Waals surface area contributed by atoms with Crippen LogP contribution in [0.25, 0.3) is 0 Å². The third-order valence-electron chi connectivity index (χ3n) is 5.37. The SMILES string of the molecule is O=[N+]([O-])c1ccccc1N1CCN(S(=O)(=O)c2ccc3c(c2)CCC3)CC1. The van der Waals surface area contributed by atoms with Crippen LogP contribution in [0.1, 0.15) is 17.5 Å². The number of anilines is 1. The van der Waals surface area contributed by atoms with E-state index in [1.54, 1.807) is 24.3 Å². The van der Waals surface area contributed by atoms with Gasteiger partial charge in [0.1, 0.15) is 5.69 Å². The molecule has 0 atom stereocenters. The second-order valence-corrected chi connectivity index (χ2v) is 8.86. The van der Waals surface area contributed by atoms with Crippen molar-refractivity contribution in [3.05, 3.63) is 63.7 Å². The van der Waals surface area contributed by atoms with Gasteiger partial charge in [-0.05, 0) is 48.6 Å². The van der Waals surface area contributed by atoms with Gasteiger partial charge in [-0.25, -0.2) is 8.42 Å². The van der Waals surface area contributed by atoms with Crippen LogP contribution in [-0.2, 0) is 22.9 Å². The standard InChI is InChI=1S/C19H21N3O4S/c23-22(24)19-7-2-1-6-18(19)20-10-12-21(13-11-20)27(25,26)17-9-8-15-4-3-5-16(15)14-17/h1-2,6-9,14H,3-5,10-13H2. The lowest BCUT2D eigenvalue weighted by atomic mass is 10.1. The van der Waals surface area contributed by atoms with Gasteiger partial charge in [0.2, 0.25) is 10.0 Å². The molecule has 27 heavy (non-hydrogen) atoms. The van der Waals surface area contributed by atoms with Gasteiger partial charge in [0.15, 0.2) is 0 Å². The zero-order chi connectivity index (χ0) is 19.0. The molecule has 0 unspecified atom stereocenters. The quantitative estimate of drug-likeness (QED) is 0.595. The molecule has 0 saturated carbocycles. The first kappa shape index (κ1) is 17.9. The molecule has 0 amide bonds. The van der Waals surface area contributed by atoms with Crippen molar-refractivity contribution in [2.45, 2.75) is 24.2 Å². The summed E-state index contributed by atoms with van der Waals surface area (Å²) in [6.45, 7) is 1.47. The third kappa shape index (κ3) is 3.30. The van der Waals surface area contributed by atoms with E-state index < -0.39 is 14.9 Å². The number of fused-ring (bicyclic) bond motifs is 1. The van der Waals surface area contributed by atoms with Crippen molar-refractivity contribution in [2.24, 2.45) is 0 Å². The van der Waals surface area contributed by atoms with Crippen LogP contribution in [0.15, 0.2) is 47.4 Å². The predicted molar refractivity (Wildman–Crippen MR) is 103 cm³/mol. The number of nitro benzene ring substituents is 1. The van der Waals surface area contributed by atoms with E-state index in [1.165, 1.54) is 15.9 Å². The van der Waals surface area contributed by atoms with Crippen LogP contribution in [0.3, 0.4) is 0 Å². The van der Waals surface area contributed by atoms with Gasteiger partial charge in [-0.3, -0.25) is 10.1 Å². The van der Waals surface area contributed by atoms with Gasteiger partial charge < -0.3 is 4.90 Å². The number of hydrogen-bond acceptors (Lipinski definition) is 5. The van der Waals surface area contributed by atoms with Crippen LogP contribution >= 0.6 is 0 Å². The fraction of sp³-hybridized carbons (Fsp3) is 0.368. The van der Waals surface area contributed by atoms with Crippen LogP contribution < -0.4 is 4.90 Å².